The summed E-state index contributed by atoms with van der Waals surface area (Å²) in [6.45, 7) is 3.55. The van der Waals surface area contributed by atoms with Crippen LogP contribution in [0, 0.1) is 0 Å². The van der Waals surface area contributed by atoms with Crippen LogP contribution in [-0.4, -0.2) is 43.0 Å². The maximum Gasteiger partial charge on any atom is 0.341 e. The fraction of sp³-hybridized carbons (Fsp3) is 0.684. The summed E-state index contributed by atoms with van der Waals surface area (Å²) < 4.78 is 5.00. The van der Waals surface area contributed by atoms with Crippen molar-refractivity contribution in [2.75, 3.05) is 25.5 Å². The fourth-order valence-electron chi connectivity index (χ4n) is 3.89. The van der Waals surface area contributed by atoms with Crippen LogP contribution < -0.4 is 5.32 Å². The Kier molecular flexibility index (Phi) is 6.12. The third kappa shape index (κ3) is 4.23. The summed E-state index contributed by atoms with van der Waals surface area (Å²) in [6.07, 6.45) is 8.85. The zero-order valence-corrected chi connectivity index (χ0v) is 16.0. The van der Waals surface area contributed by atoms with Crippen LogP contribution in [-0.2, 0) is 22.4 Å². The molecule has 6 heteroatoms. The van der Waals surface area contributed by atoms with Gasteiger partial charge < -0.3 is 10.1 Å². The molecule has 1 aliphatic carbocycles. The summed E-state index contributed by atoms with van der Waals surface area (Å²) >= 11 is 1.56. The molecule has 1 fully saturated rings. The Hall–Kier alpha value is -1.40. The molecule has 25 heavy (non-hydrogen) atoms. The molecule has 0 bridgehead atoms. The molecule has 1 aromatic heterocycles. The van der Waals surface area contributed by atoms with Crippen LogP contribution in [0.2, 0.25) is 0 Å². The van der Waals surface area contributed by atoms with Crippen LogP contribution in [0.1, 0.15) is 66.2 Å². The summed E-state index contributed by atoms with van der Waals surface area (Å²) in [5.74, 6) is -0.364. The molecule has 1 saturated heterocycles. The molecule has 5 nitrogen and oxygen atoms in total. The van der Waals surface area contributed by atoms with Crippen LogP contribution in [0.3, 0.4) is 0 Å². The monoisotopic (exact) mass is 364 g/mol. The van der Waals surface area contributed by atoms with Crippen molar-refractivity contribution in [2.24, 2.45) is 0 Å². The molecule has 1 N–H and O–H groups in total. The lowest BCUT2D eigenvalue weighted by molar-refractivity contribution is -0.118. The Morgan fingerprint density at radius 2 is 2.00 bits per heavy atom. The van der Waals surface area contributed by atoms with Gasteiger partial charge in [-0.3, -0.25) is 9.69 Å². The predicted octanol–water partition coefficient (Wildman–Crippen LogP) is 3.62. The van der Waals surface area contributed by atoms with E-state index in [-0.39, 0.29) is 11.9 Å². The molecule has 0 saturated carbocycles. The molecule has 1 unspecified atom stereocenters. The third-order valence-corrected chi connectivity index (χ3v) is 6.56. The maximum absolute atomic E-state index is 12.6. The highest BCUT2D eigenvalue weighted by Gasteiger charge is 2.27. The number of nitrogens with zero attached hydrogens (tertiary/aromatic N) is 1. The van der Waals surface area contributed by atoms with E-state index in [1.165, 1.54) is 24.8 Å². The quantitative estimate of drug-likeness (QED) is 0.655. The number of carbonyl (C=O) groups excluding carboxylic acids is 2. The van der Waals surface area contributed by atoms with Gasteiger partial charge in [0.25, 0.3) is 0 Å². The van der Waals surface area contributed by atoms with Gasteiger partial charge in [-0.05, 0) is 57.6 Å². The van der Waals surface area contributed by atoms with E-state index in [0.29, 0.717) is 23.2 Å². The van der Waals surface area contributed by atoms with E-state index >= 15 is 0 Å². The topological polar surface area (TPSA) is 58.6 Å². The molecular formula is C19H28N2O3S. The van der Waals surface area contributed by atoms with Gasteiger partial charge >= 0.3 is 5.97 Å². The molecule has 2 aliphatic rings. The number of aryl methyl sites for hydroxylation is 1. The van der Waals surface area contributed by atoms with Gasteiger partial charge in [-0.15, -0.1) is 11.3 Å². The predicted molar refractivity (Wildman–Crippen MR) is 100 cm³/mol. The molecule has 0 aromatic carbocycles. The number of methoxy groups -OCH3 is 1. The average molecular weight is 365 g/mol. The number of hydrogen-bond donors (Lipinski definition) is 1. The van der Waals surface area contributed by atoms with Gasteiger partial charge in [-0.25, -0.2) is 4.79 Å². The lowest BCUT2D eigenvalue weighted by atomic mass is 10.0. The number of fused-ring (bicyclic) bond motifs is 1. The summed E-state index contributed by atoms with van der Waals surface area (Å²) in [5.41, 5.74) is 1.68. The number of ether oxygens (including phenoxy) is 1. The highest BCUT2D eigenvalue weighted by molar-refractivity contribution is 7.17. The van der Waals surface area contributed by atoms with Crippen LogP contribution in [0.5, 0.6) is 0 Å². The number of likely N-dealkylation sites (tertiary alicyclic amines) is 1. The summed E-state index contributed by atoms with van der Waals surface area (Å²) in [5, 5.41) is 3.68. The first-order valence-electron chi connectivity index (χ1n) is 9.37. The lowest BCUT2D eigenvalue weighted by Gasteiger charge is -2.32. The third-order valence-electron chi connectivity index (χ3n) is 5.35. The number of esters is 1. The fourth-order valence-corrected chi connectivity index (χ4v) is 5.19. The van der Waals surface area contributed by atoms with Crippen LogP contribution in [0.4, 0.5) is 5.00 Å². The first-order valence-corrected chi connectivity index (χ1v) is 10.2. The largest absolute Gasteiger partial charge is 0.465 e. The Bertz CT molecular complexity index is 641. The Balaban J connectivity index is 1.77. The highest BCUT2D eigenvalue weighted by atomic mass is 32.1. The zero-order chi connectivity index (χ0) is 17.8. The summed E-state index contributed by atoms with van der Waals surface area (Å²) in [7, 11) is 1.41. The normalized spacial score (nSPS) is 21.3. The molecule has 1 amide bonds. The van der Waals surface area contributed by atoms with E-state index in [0.717, 1.165) is 50.6 Å². The Morgan fingerprint density at radius 3 is 2.76 bits per heavy atom. The number of piperidine rings is 1. The van der Waals surface area contributed by atoms with Crippen molar-refractivity contribution in [1.29, 1.82) is 0 Å². The van der Waals surface area contributed by atoms with E-state index in [2.05, 4.69) is 17.1 Å². The molecule has 0 spiro atoms. The maximum atomic E-state index is 12.6. The van der Waals surface area contributed by atoms with Gasteiger partial charge in [0.2, 0.25) is 5.91 Å². The minimum absolute atomic E-state index is 0.0321. The lowest BCUT2D eigenvalue weighted by Crippen LogP contribution is -2.42. The van der Waals surface area contributed by atoms with Crippen molar-refractivity contribution in [3.05, 3.63) is 16.0 Å². The van der Waals surface area contributed by atoms with E-state index in [9.17, 15) is 9.59 Å². The van der Waals surface area contributed by atoms with Gasteiger partial charge in [-0.2, -0.15) is 0 Å². The van der Waals surface area contributed by atoms with E-state index in [1.54, 1.807) is 11.3 Å². The van der Waals surface area contributed by atoms with Crippen molar-refractivity contribution in [1.82, 2.24) is 4.90 Å². The number of carbonyl (C=O) groups is 2. The van der Waals surface area contributed by atoms with Crippen LogP contribution in [0.25, 0.3) is 0 Å². The Labute approximate surface area is 153 Å². The van der Waals surface area contributed by atoms with E-state index < -0.39 is 0 Å². The van der Waals surface area contributed by atoms with Crippen LogP contribution in [0.15, 0.2) is 0 Å². The van der Waals surface area contributed by atoms with Crippen molar-refractivity contribution >= 4 is 28.2 Å². The molecule has 2 heterocycles. The summed E-state index contributed by atoms with van der Waals surface area (Å²) in [6, 6.07) is 0.444. The van der Waals surface area contributed by atoms with Gasteiger partial charge in [0.1, 0.15) is 5.00 Å². The van der Waals surface area contributed by atoms with Crippen LogP contribution >= 0.6 is 11.3 Å². The van der Waals surface area contributed by atoms with Gasteiger partial charge in [0, 0.05) is 10.9 Å². The number of hydrogen-bond acceptors (Lipinski definition) is 5. The molecular weight excluding hydrogens is 336 g/mol. The second kappa shape index (κ2) is 8.32. The van der Waals surface area contributed by atoms with Crippen molar-refractivity contribution < 1.29 is 14.3 Å². The SMILES string of the molecule is COC(=O)c1c(NC(=O)CN2CCCCC2C)sc2c1CCCCC2. The van der Waals surface area contributed by atoms with E-state index in [4.69, 9.17) is 4.74 Å². The van der Waals surface area contributed by atoms with Crippen molar-refractivity contribution in [2.45, 2.75) is 64.3 Å². The molecule has 0 radical (unpaired) electrons. The minimum Gasteiger partial charge on any atom is -0.465 e. The molecule has 138 valence electrons. The first-order chi connectivity index (χ1) is 12.1. The minimum atomic E-state index is -0.332. The van der Waals surface area contributed by atoms with E-state index in [1.807, 2.05) is 0 Å². The molecule has 3 rings (SSSR count). The second-order valence-corrected chi connectivity index (χ2v) is 8.23. The first kappa shape index (κ1) is 18.4. The van der Waals surface area contributed by atoms with Crippen molar-refractivity contribution in [3.8, 4) is 0 Å². The number of nitrogens with one attached hydrogen (secondary N) is 1. The smallest absolute Gasteiger partial charge is 0.341 e. The second-order valence-electron chi connectivity index (χ2n) is 7.12. The number of thiophene rings is 1. The molecule has 1 atom stereocenters. The zero-order valence-electron chi connectivity index (χ0n) is 15.2. The van der Waals surface area contributed by atoms with Gasteiger partial charge in [0.15, 0.2) is 0 Å². The number of rotatable bonds is 4. The standard InChI is InChI=1S/C19H28N2O3S/c1-13-8-6-7-11-21(13)12-16(22)20-18-17(19(23)24-2)14-9-4-3-5-10-15(14)25-18/h13H,3-12H2,1-2H3,(H,20,22). The number of anilines is 1. The Morgan fingerprint density at radius 1 is 1.20 bits per heavy atom. The highest BCUT2D eigenvalue weighted by Crippen LogP contribution is 2.38. The molecule has 1 aromatic rings. The van der Waals surface area contributed by atoms with Crippen molar-refractivity contribution in [3.63, 3.8) is 0 Å². The molecule has 1 aliphatic heterocycles. The van der Waals surface area contributed by atoms with Gasteiger partial charge in [0.05, 0.1) is 19.2 Å². The summed E-state index contributed by atoms with van der Waals surface area (Å²) in [4.78, 5) is 28.4. The van der Waals surface area contributed by atoms with Gasteiger partial charge in [-0.1, -0.05) is 12.8 Å². The number of amides is 1. The average Bonchev–Trinajstić information content (AvgIpc) is 2.77.